The third-order valence-electron chi connectivity index (χ3n) is 1.92. The first-order valence-electron chi connectivity index (χ1n) is 4.58. The van der Waals surface area contributed by atoms with Crippen molar-refractivity contribution in [2.75, 3.05) is 6.54 Å². The molecular weight excluding hydrogens is 196 g/mol. The fourth-order valence-electron chi connectivity index (χ4n) is 1.22. The predicted molar refractivity (Wildman–Crippen MR) is 57.2 cm³/mol. The lowest BCUT2D eigenvalue weighted by atomic mass is 10.2. The second kappa shape index (κ2) is 4.39. The van der Waals surface area contributed by atoms with E-state index in [-0.39, 0.29) is 0 Å². The van der Waals surface area contributed by atoms with Crippen LogP contribution in [-0.2, 0) is 6.42 Å². The second-order valence-electron chi connectivity index (χ2n) is 3.01. The molecule has 2 aromatic rings. The molecule has 2 heterocycles. The van der Waals surface area contributed by atoms with Gasteiger partial charge in [-0.05, 0) is 30.8 Å². The summed E-state index contributed by atoms with van der Waals surface area (Å²) in [6.45, 7) is 0.696. The molecule has 0 amide bonds. The lowest BCUT2D eigenvalue weighted by Gasteiger charge is -1.89. The largest absolute Gasteiger partial charge is 0.444 e. The third-order valence-corrected chi connectivity index (χ3v) is 2.78. The van der Waals surface area contributed by atoms with Gasteiger partial charge in [0, 0.05) is 0 Å². The van der Waals surface area contributed by atoms with Gasteiger partial charge >= 0.3 is 0 Å². The van der Waals surface area contributed by atoms with E-state index in [1.54, 1.807) is 17.6 Å². The maximum Gasteiger partial charge on any atom is 0.236 e. The zero-order chi connectivity index (χ0) is 9.80. The lowest BCUT2D eigenvalue weighted by molar-refractivity contribution is 0.573. The smallest absolute Gasteiger partial charge is 0.236 e. The Bertz CT molecular complexity index is 380. The van der Waals surface area contributed by atoms with E-state index in [1.807, 2.05) is 17.5 Å². The molecule has 0 saturated carbocycles. The van der Waals surface area contributed by atoms with Gasteiger partial charge in [-0.3, -0.25) is 0 Å². The van der Waals surface area contributed by atoms with E-state index in [0.29, 0.717) is 12.4 Å². The van der Waals surface area contributed by atoms with E-state index in [0.717, 1.165) is 23.4 Å². The molecule has 0 aromatic carbocycles. The monoisotopic (exact) mass is 208 g/mol. The quantitative estimate of drug-likeness (QED) is 0.838. The van der Waals surface area contributed by atoms with Crippen molar-refractivity contribution in [2.45, 2.75) is 12.8 Å². The topological polar surface area (TPSA) is 52.0 Å². The molecule has 14 heavy (non-hydrogen) atoms. The number of hydrogen-bond donors (Lipinski definition) is 1. The maximum atomic E-state index is 5.42. The minimum absolute atomic E-state index is 0.696. The van der Waals surface area contributed by atoms with Gasteiger partial charge < -0.3 is 10.2 Å². The lowest BCUT2D eigenvalue weighted by Crippen LogP contribution is -2.00. The summed E-state index contributed by atoms with van der Waals surface area (Å²) in [5, 5.41) is 2.01. The van der Waals surface area contributed by atoms with Crippen LogP contribution in [0.25, 0.3) is 10.8 Å². The molecule has 74 valence electrons. The van der Waals surface area contributed by atoms with Crippen LogP contribution >= 0.6 is 11.3 Å². The van der Waals surface area contributed by atoms with Crippen molar-refractivity contribution in [1.29, 1.82) is 0 Å². The standard InChI is InChI=1S/C10H12N2OS/c11-5-1-3-8-7-13-10(12-8)9-4-2-6-14-9/h2,4,6-7H,1,3,5,11H2. The van der Waals surface area contributed by atoms with Crippen LogP contribution in [0.3, 0.4) is 0 Å². The Morgan fingerprint density at radius 2 is 2.43 bits per heavy atom. The van der Waals surface area contributed by atoms with E-state index in [2.05, 4.69) is 4.98 Å². The van der Waals surface area contributed by atoms with Crippen molar-refractivity contribution in [3.05, 3.63) is 29.5 Å². The summed E-state index contributed by atoms with van der Waals surface area (Å²) < 4.78 is 5.36. The highest BCUT2D eigenvalue weighted by molar-refractivity contribution is 7.13. The van der Waals surface area contributed by atoms with Crippen LogP contribution < -0.4 is 5.73 Å². The minimum atomic E-state index is 0.696. The van der Waals surface area contributed by atoms with E-state index in [4.69, 9.17) is 10.2 Å². The SMILES string of the molecule is NCCCc1coc(-c2cccs2)n1. The Morgan fingerprint density at radius 1 is 1.50 bits per heavy atom. The first-order valence-corrected chi connectivity index (χ1v) is 5.46. The molecule has 0 spiro atoms. The van der Waals surface area contributed by atoms with Crippen LogP contribution in [0.4, 0.5) is 0 Å². The third kappa shape index (κ3) is 2.02. The highest BCUT2D eigenvalue weighted by atomic mass is 32.1. The zero-order valence-corrected chi connectivity index (χ0v) is 8.59. The van der Waals surface area contributed by atoms with E-state index in [1.165, 1.54) is 0 Å². The van der Waals surface area contributed by atoms with Gasteiger partial charge in [0.2, 0.25) is 5.89 Å². The molecule has 4 heteroatoms. The van der Waals surface area contributed by atoms with Gasteiger partial charge in [-0.25, -0.2) is 4.98 Å². The van der Waals surface area contributed by atoms with Crippen molar-refractivity contribution in [3.8, 4) is 10.8 Å². The Morgan fingerprint density at radius 3 is 3.14 bits per heavy atom. The van der Waals surface area contributed by atoms with Crippen molar-refractivity contribution >= 4 is 11.3 Å². The Hall–Kier alpha value is -1.13. The molecule has 0 bridgehead atoms. The minimum Gasteiger partial charge on any atom is -0.444 e. The molecule has 3 nitrogen and oxygen atoms in total. The van der Waals surface area contributed by atoms with Gasteiger partial charge in [0.05, 0.1) is 10.6 Å². The number of oxazole rings is 1. The van der Waals surface area contributed by atoms with Crippen LogP contribution in [0.2, 0.25) is 0 Å². The van der Waals surface area contributed by atoms with Gasteiger partial charge in [-0.1, -0.05) is 6.07 Å². The molecular formula is C10H12N2OS. The van der Waals surface area contributed by atoms with Crippen molar-refractivity contribution in [3.63, 3.8) is 0 Å². The van der Waals surface area contributed by atoms with Crippen LogP contribution in [-0.4, -0.2) is 11.5 Å². The Kier molecular flexibility index (Phi) is 2.96. The first-order chi connectivity index (χ1) is 6.90. The fourth-order valence-corrected chi connectivity index (χ4v) is 1.87. The molecule has 0 unspecified atom stereocenters. The number of aryl methyl sites for hydroxylation is 1. The van der Waals surface area contributed by atoms with Gasteiger partial charge in [0.25, 0.3) is 0 Å². The number of rotatable bonds is 4. The van der Waals surface area contributed by atoms with Gasteiger partial charge in [0.15, 0.2) is 0 Å². The average Bonchev–Trinajstić information content (AvgIpc) is 2.85. The summed E-state index contributed by atoms with van der Waals surface area (Å²) in [5.41, 5.74) is 6.41. The summed E-state index contributed by atoms with van der Waals surface area (Å²) in [5.74, 6) is 0.715. The first kappa shape index (κ1) is 9.43. The maximum absolute atomic E-state index is 5.42. The molecule has 0 aliphatic heterocycles. The normalized spacial score (nSPS) is 10.6. The van der Waals surface area contributed by atoms with Gasteiger partial charge in [0.1, 0.15) is 6.26 Å². The van der Waals surface area contributed by atoms with E-state index < -0.39 is 0 Å². The summed E-state index contributed by atoms with van der Waals surface area (Å²) >= 11 is 1.63. The van der Waals surface area contributed by atoms with Crippen molar-refractivity contribution in [1.82, 2.24) is 4.98 Å². The molecule has 2 aromatic heterocycles. The fraction of sp³-hybridized carbons (Fsp3) is 0.300. The zero-order valence-electron chi connectivity index (χ0n) is 7.77. The van der Waals surface area contributed by atoms with Crippen LogP contribution in [0.15, 0.2) is 28.2 Å². The summed E-state index contributed by atoms with van der Waals surface area (Å²) in [6.07, 6.45) is 3.56. The Labute approximate surface area is 86.6 Å². The van der Waals surface area contributed by atoms with Crippen molar-refractivity contribution < 1.29 is 4.42 Å². The van der Waals surface area contributed by atoms with Gasteiger partial charge in [-0.15, -0.1) is 11.3 Å². The van der Waals surface area contributed by atoms with Crippen LogP contribution in [0, 0.1) is 0 Å². The number of aromatic nitrogens is 1. The molecule has 2 rings (SSSR count). The molecule has 2 N–H and O–H groups in total. The van der Waals surface area contributed by atoms with Gasteiger partial charge in [-0.2, -0.15) is 0 Å². The molecule has 0 aliphatic carbocycles. The predicted octanol–water partition coefficient (Wildman–Crippen LogP) is 2.29. The number of nitrogens with two attached hydrogens (primary N) is 1. The molecule has 0 atom stereocenters. The summed E-state index contributed by atoms with van der Waals surface area (Å²) in [7, 11) is 0. The summed E-state index contributed by atoms with van der Waals surface area (Å²) in [4.78, 5) is 5.45. The highest BCUT2D eigenvalue weighted by Crippen LogP contribution is 2.23. The van der Waals surface area contributed by atoms with Crippen molar-refractivity contribution in [2.24, 2.45) is 5.73 Å². The molecule has 0 radical (unpaired) electrons. The number of nitrogens with zero attached hydrogens (tertiary/aromatic N) is 1. The average molecular weight is 208 g/mol. The van der Waals surface area contributed by atoms with E-state index >= 15 is 0 Å². The van der Waals surface area contributed by atoms with E-state index in [9.17, 15) is 0 Å². The molecule has 0 saturated heterocycles. The second-order valence-corrected chi connectivity index (χ2v) is 3.96. The Balaban J connectivity index is 2.10. The van der Waals surface area contributed by atoms with Crippen LogP contribution in [0.5, 0.6) is 0 Å². The summed E-state index contributed by atoms with van der Waals surface area (Å²) in [6, 6.07) is 3.99. The number of thiophene rings is 1. The van der Waals surface area contributed by atoms with Crippen LogP contribution in [0.1, 0.15) is 12.1 Å². The number of hydrogen-bond acceptors (Lipinski definition) is 4. The molecule has 0 fully saturated rings. The highest BCUT2D eigenvalue weighted by Gasteiger charge is 2.06. The molecule has 0 aliphatic rings.